The third kappa shape index (κ3) is 4.72. The van der Waals surface area contributed by atoms with E-state index in [-0.39, 0.29) is 5.71 Å². The van der Waals surface area contributed by atoms with Crippen molar-refractivity contribution in [3.05, 3.63) is 68.4 Å². The van der Waals surface area contributed by atoms with Crippen LogP contribution in [0.1, 0.15) is 10.4 Å². The number of fused-ring (bicyclic) bond motifs is 1. The van der Waals surface area contributed by atoms with Crippen LogP contribution >= 0.6 is 22.6 Å². The first kappa shape index (κ1) is 21.2. The molecule has 3 unspecified atom stereocenters. The zero-order valence-corrected chi connectivity index (χ0v) is 17.1. The number of rotatable bonds is 6. The number of hydrogen-bond donors (Lipinski definition) is 4. The maximum Gasteiger partial charge on any atom is 0.277 e. The number of amides is 2. The Balaban J connectivity index is 1.98. The topological polar surface area (TPSA) is 144 Å². The second-order valence-corrected chi connectivity index (χ2v) is 7.28. The van der Waals surface area contributed by atoms with Gasteiger partial charge in [0.2, 0.25) is 0 Å². The van der Waals surface area contributed by atoms with Crippen molar-refractivity contribution in [1.29, 1.82) is 0 Å². The molecule has 0 aliphatic carbocycles. The molecule has 1 aliphatic rings. The normalized spacial score (nSPS) is 18.1. The van der Waals surface area contributed by atoms with Gasteiger partial charge in [-0.3, -0.25) is 14.6 Å². The van der Waals surface area contributed by atoms with E-state index in [2.05, 4.69) is 20.5 Å². The Labute approximate surface area is 178 Å². The minimum atomic E-state index is -1.74. The molecule has 0 bridgehead atoms. The van der Waals surface area contributed by atoms with Gasteiger partial charge in [-0.05, 0) is 46.9 Å². The number of para-hydroxylation sites is 2. The van der Waals surface area contributed by atoms with Crippen molar-refractivity contribution in [3.63, 3.8) is 0 Å². The van der Waals surface area contributed by atoms with E-state index < -0.39 is 36.7 Å². The summed E-state index contributed by atoms with van der Waals surface area (Å²) in [7, 11) is 0. The maximum absolute atomic E-state index is 12.5. The largest absolute Gasteiger partial charge is 0.394 e. The summed E-state index contributed by atoms with van der Waals surface area (Å²) in [4.78, 5) is 33.1. The summed E-state index contributed by atoms with van der Waals surface area (Å²) < 4.78 is 0.678. The molecule has 29 heavy (non-hydrogen) atoms. The van der Waals surface area contributed by atoms with Crippen molar-refractivity contribution in [3.8, 4) is 0 Å². The maximum atomic E-state index is 12.5. The highest BCUT2D eigenvalue weighted by Crippen LogP contribution is 2.12. The smallest absolute Gasteiger partial charge is 0.277 e. The summed E-state index contributed by atoms with van der Waals surface area (Å²) in [6, 6.07) is 12.1. The first-order chi connectivity index (χ1) is 13.9. The quantitative estimate of drug-likeness (QED) is 0.224. The lowest BCUT2D eigenvalue weighted by Gasteiger charge is -2.22. The van der Waals surface area contributed by atoms with Gasteiger partial charge in [-0.15, -0.1) is 0 Å². The van der Waals surface area contributed by atoms with Crippen LogP contribution in [0.15, 0.2) is 63.6 Å². The van der Waals surface area contributed by atoms with Gasteiger partial charge in [0.05, 0.1) is 22.9 Å². The summed E-state index contributed by atoms with van der Waals surface area (Å²) in [6.45, 7) is -0.778. The highest BCUT2D eigenvalue weighted by Gasteiger charge is 2.34. The van der Waals surface area contributed by atoms with E-state index in [4.69, 9.17) is 0 Å². The summed E-state index contributed by atoms with van der Waals surface area (Å²) in [5.74, 6) is -1.28. The average molecular weight is 508 g/mol. The van der Waals surface area contributed by atoms with Crippen LogP contribution in [0.5, 0.6) is 0 Å². The van der Waals surface area contributed by atoms with Crippen molar-refractivity contribution in [2.24, 2.45) is 15.1 Å². The minimum absolute atomic E-state index is 0.325. The number of nitrogens with zero attached hydrogens (tertiary/aromatic N) is 3. The number of benzene rings is 2. The van der Waals surface area contributed by atoms with E-state index in [0.29, 0.717) is 19.8 Å². The summed E-state index contributed by atoms with van der Waals surface area (Å²) in [6.07, 6.45) is -3.36. The summed E-state index contributed by atoms with van der Waals surface area (Å²) in [5.41, 5.74) is 2.30. The van der Waals surface area contributed by atoms with Crippen LogP contribution in [0.4, 0.5) is 0 Å². The van der Waals surface area contributed by atoms with Gasteiger partial charge in [0.25, 0.3) is 11.8 Å². The third-order valence-electron chi connectivity index (χ3n) is 4.15. The number of aliphatic hydroxyl groups is 3. The van der Waals surface area contributed by atoms with E-state index >= 15 is 0 Å². The molecule has 0 fully saturated rings. The van der Waals surface area contributed by atoms with Crippen molar-refractivity contribution >= 4 is 40.1 Å². The lowest BCUT2D eigenvalue weighted by atomic mass is 10.0. The molecular formula is C19H17IN4O5. The van der Waals surface area contributed by atoms with Crippen LogP contribution in [0.3, 0.4) is 0 Å². The van der Waals surface area contributed by atoms with Crippen LogP contribution in [0.2, 0.25) is 0 Å². The predicted octanol–water partition coefficient (Wildman–Crippen LogP) is -1.06. The van der Waals surface area contributed by atoms with Gasteiger partial charge in [-0.2, -0.15) is 5.10 Å². The van der Waals surface area contributed by atoms with E-state index in [9.17, 15) is 24.9 Å². The molecule has 4 N–H and O–H groups in total. The Morgan fingerprint density at radius 3 is 2.48 bits per heavy atom. The molecule has 3 atom stereocenters. The molecule has 10 heteroatoms. The molecule has 0 saturated heterocycles. The zero-order valence-electron chi connectivity index (χ0n) is 14.9. The number of carbonyl (C=O) groups excluding carboxylic acids is 2. The van der Waals surface area contributed by atoms with Crippen molar-refractivity contribution < 1.29 is 24.9 Å². The molecule has 1 aliphatic heterocycles. The SMILES string of the molecule is O=C(N/N=C(\C1N=c2ccccc2=NC1=O)C(O)C(O)CO)c1ccccc1I. The van der Waals surface area contributed by atoms with Gasteiger partial charge < -0.3 is 15.3 Å². The van der Waals surface area contributed by atoms with Gasteiger partial charge >= 0.3 is 0 Å². The number of carbonyl (C=O) groups is 2. The number of hydrogen-bond acceptors (Lipinski definition) is 7. The number of nitrogens with one attached hydrogen (secondary N) is 1. The molecule has 2 amide bonds. The van der Waals surface area contributed by atoms with Gasteiger partial charge in [0.1, 0.15) is 17.9 Å². The Kier molecular flexibility index (Phi) is 6.79. The molecule has 0 saturated carbocycles. The number of aliphatic hydroxyl groups excluding tert-OH is 3. The molecule has 150 valence electrons. The summed E-state index contributed by atoms with van der Waals surface area (Å²) in [5, 5.41) is 34.1. The first-order valence-corrected chi connectivity index (χ1v) is 9.65. The van der Waals surface area contributed by atoms with E-state index in [0.717, 1.165) is 0 Å². The zero-order chi connectivity index (χ0) is 21.0. The predicted molar refractivity (Wildman–Crippen MR) is 111 cm³/mol. The second-order valence-electron chi connectivity index (χ2n) is 6.12. The molecule has 0 aromatic heterocycles. The molecule has 9 nitrogen and oxygen atoms in total. The molecule has 1 heterocycles. The van der Waals surface area contributed by atoms with Crippen LogP contribution in [-0.2, 0) is 4.79 Å². The van der Waals surface area contributed by atoms with Gasteiger partial charge in [-0.1, -0.05) is 24.3 Å². The highest BCUT2D eigenvalue weighted by molar-refractivity contribution is 14.1. The van der Waals surface area contributed by atoms with E-state index in [1.54, 1.807) is 48.5 Å². The van der Waals surface area contributed by atoms with Gasteiger partial charge in [0, 0.05) is 3.57 Å². The Morgan fingerprint density at radius 1 is 1.14 bits per heavy atom. The van der Waals surface area contributed by atoms with Crippen molar-refractivity contribution in [2.45, 2.75) is 18.2 Å². The fourth-order valence-electron chi connectivity index (χ4n) is 2.64. The fraction of sp³-hybridized carbons (Fsp3) is 0.211. The monoisotopic (exact) mass is 508 g/mol. The second kappa shape index (κ2) is 9.31. The number of halogens is 1. The van der Waals surface area contributed by atoms with Crippen LogP contribution in [0, 0.1) is 3.57 Å². The highest BCUT2D eigenvalue weighted by atomic mass is 127. The van der Waals surface area contributed by atoms with Crippen molar-refractivity contribution in [2.75, 3.05) is 6.61 Å². The van der Waals surface area contributed by atoms with Crippen molar-refractivity contribution in [1.82, 2.24) is 5.43 Å². The lowest BCUT2D eigenvalue weighted by Crippen LogP contribution is -2.49. The Morgan fingerprint density at radius 2 is 1.79 bits per heavy atom. The van der Waals surface area contributed by atoms with E-state index in [1.807, 2.05) is 22.6 Å². The van der Waals surface area contributed by atoms with Gasteiger partial charge in [0.15, 0.2) is 6.04 Å². The number of hydrazone groups is 1. The molecule has 3 rings (SSSR count). The van der Waals surface area contributed by atoms with Crippen LogP contribution in [0.25, 0.3) is 0 Å². The standard InChI is InChI=1S/C19H17IN4O5/c20-11-6-2-1-5-10(11)18(28)24-23-15(17(27)14(26)9-25)16-19(29)22-13-8-4-3-7-12(13)21-16/h1-8,14,16-17,25-27H,9H2,(H,24,28)/b23-15+. The van der Waals surface area contributed by atoms with E-state index in [1.165, 1.54) is 0 Å². The molecule has 2 aromatic carbocycles. The lowest BCUT2D eigenvalue weighted by molar-refractivity contribution is -0.118. The minimum Gasteiger partial charge on any atom is -0.394 e. The molecule has 0 radical (unpaired) electrons. The molecule has 2 aromatic rings. The Hall–Kier alpha value is -2.54. The third-order valence-corrected chi connectivity index (χ3v) is 5.09. The summed E-state index contributed by atoms with van der Waals surface area (Å²) >= 11 is 1.99. The molecular weight excluding hydrogens is 491 g/mol. The van der Waals surface area contributed by atoms with Crippen LogP contribution in [-0.4, -0.2) is 57.7 Å². The molecule has 0 spiro atoms. The van der Waals surface area contributed by atoms with Gasteiger partial charge in [-0.25, -0.2) is 10.4 Å². The Bertz CT molecular complexity index is 1090. The first-order valence-electron chi connectivity index (χ1n) is 8.57. The fourth-order valence-corrected chi connectivity index (χ4v) is 3.27. The van der Waals surface area contributed by atoms with Crippen LogP contribution < -0.4 is 16.1 Å². The average Bonchev–Trinajstić information content (AvgIpc) is 2.73.